The zero-order valence-electron chi connectivity index (χ0n) is 7.64. The summed E-state index contributed by atoms with van der Waals surface area (Å²) in [5.74, 6) is -1.21. The number of carboxylic acids is 1. The van der Waals surface area contributed by atoms with E-state index >= 15 is 0 Å². The maximum atomic E-state index is 11.1. The summed E-state index contributed by atoms with van der Waals surface area (Å²) in [4.78, 5) is 25.8. The van der Waals surface area contributed by atoms with Crippen LogP contribution in [-0.4, -0.2) is 28.7 Å². The molecule has 0 radical (unpaired) electrons. The third kappa shape index (κ3) is 1.39. The number of alkyl carbamates (subject to hydrolysis) is 1. The number of aliphatic carboxylic acids is 1. The summed E-state index contributed by atoms with van der Waals surface area (Å²) in [6.07, 6.45) is 2.15. The van der Waals surface area contributed by atoms with E-state index in [1.807, 2.05) is 0 Å². The fourth-order valence-electron chi connectivity index (χ4n) is 1.43. The number of rotatable bonds is 2. The van der Waals surface area contributed by atoms with Gasteiger partial charge in [0, 0.05) is 18.0 Å². The zero-order valence-corrected chi connectivity index (χ0v) is 7.64. The number of ether oxygens (including phenoxy) is 1. The third-order valence-electron chi connectivity index (χ3n) is 2.22. The van der Waals surface area contributed by atoms with Gasteiger partial charge in [0.1, 0.15) is 0 Å². The van der Waals surface area contributed by atoms with Crippen LogP contribution in [0.25, 0.3) is 0 Å². The molecule has 0 aromatic carbocycles. The predicted octanol–water partition coefficient (Wildman–Crippen LogP) is 0.101. The first-order valence-electron chi connectivity index (χ1n) is 4.26. The molecule has 1 fully saturated rings. The van der Waals surface area contributed by atoms with E-state index in [4.69, 9.17) is 9.84 Å². The van der Waals surface area contributed by atoms with Crippen molar-refractivity contribution >= 4 is 12.1 Å². The van der Waals surface area contributed by atoms with E-state index in [-0.39, 0.29) is 6.54 Å². The van der Waals surface area contributed by atoms with Gasteiger partial charge in [0.2, 0.25) is 0 Å². The molecule has 1 atom stereocenters. The number of carbonyl (C=O) groups is 2. The van der Waals surface area contributed by atoms with E-state index < -0.39 is 17.7 Å². The number of nitrogens with one attached hydrogen (secondary N) is 1. The molecular formula is C9H8N2O4. The van der Waals surface area contributed by atoms with E-state index in [0.29, 0.717) is 5.56 Å². The Morgan fingerprint density at radius 1 is 1.67 bits per heavy atom. The van der Waals surface area contributed by atoms with E-state index in [1.54, 1.807) is 12.1 Å². The van der Waals surface area contributed by atoms with Crippen LogP contribution in [0.1, 0.15) is 5.56 Å². The fourth-order valence-corrected chi connectivity index (χ4v) is 1.43. The highest BCUT2D eigenvalue weighted by atomic mass is 16.6. The number of amides is 1. The number of carboxylic acid groups (broad SMARTS) is 1. The average molecular weight is 208 g/mol. The number of nitrogens with zero attached hydrogens (tertiary/aromatic N) is 1. The Kier molecular flexibility index (Phi) is 2.03. The van der Waals surface area contributed by atoms with Crippen LogP contribution in [0, 0.1) is 0 Å². The molecule has 6 nitrogen and oxygen atoms in total. The Labute approximate surface area is 84.9 Å². The van der Waals surface area contributed by atoms with Gasteiger partial charge < -0.3 is 15.2 Å². The number of aromatic nitrogens is 1. The van der Waals surface area contributed by atoms with Gasteiger partial charge in [-0.25, -0.2) is 9.59 Å². The van der Waals surface area contributed by atoms with E-state index in [2.05, 4.69) is 10.3 Å². The molecule has 0 spiro atoms. The minimum atomic E-state index is -1.65. The van der Waals surface area contributed by atoms with Gasteiger partial charge in [-0.1, -0.05) is 6.07 Å². The van der Waals surface area contributed by atoms with Gasteiger partial charge in [0.05, 0.1) is 6.54 Å². The lowest BCUT2D eigenvalue weighted by Gasteiger charge is -2.20. The van der Waals surface area contributed by atoms with Crippen molar-refractivity contribution in [1.82, 2.24) is 10.3 Å². The van der Waals surface area contributed by atoms with Crippen LogP contribution in [0.15, 0.2) is 24.5 Å². The van der Waals surface area contributed by atoms with Gasteiger partial charge >= 0.3 is 12.1 Å². The molecular weight excluding hydrogens is 200 g/mol. The number of carbonyl (C=O) groups excluding carboxylic acids is 1. The van der Waals surface area contributed by atoms with Crippen molar-refractivity contribution in [1.29, 1.82) is 0 Å². The molecule has 2 N–H and O–H groups in total. The molecule has 1 aromatic heterocycles. The number of hydrogen-bond donors (Lipinski definition) is 2. The minimum absolute atomic E-state index is 0.0904. The highest BCUT2D eigenvalue weighted by Gasteiger charge is 2.49. The Hall–Kier alpha value is -2.11. The summed E-state index contributed by atoms with van der Waals surface area (Å²) in [6, 6.07) is 3.15. The normalized spacial score (nSPS) is 24.4. The molecule has 1 aliphatic rings. The molecule has 1 unspecified atom stereocenters. The summed E-state index contributed by atoms with van der Waals surface area (Å²) in [7, 11) is 0. The van der Waals surface area contributed by atoms with Gasteiger partial charge in [-0.3, -0.25) is 4.98 Å². The molecule has 0 aliphatic carbocycles. The van der Waals surface area contributed by atoms with Gasteiger partial charge in [-0.15, -0.1) is 0 Å². The second kappa shape index (κ2) is 3.23. The highest BCUT2D eigenvalue weighted by Crippen LogP contribution is 2.28. The summed E-state index contributed by atoms with van der Waals surface area (Å²) < 4.78 is 4.81. The average Bonchev–Trinajstić information content (AvgIpc) is 2.63. The maximum Gasteiger partial charge on any atom is 0.408 e. The first-order chi connectivity index (χ1) is 7.15. The van der Waals surface area contributed by atoms with Gasteiger partial charge in [-0.2, -0.15) is 0 Å². The topological polar surface area (TPSA) is 88.5 Å². The van der Waals surface area contributed by atoms with Gasteiger partial charge in [-0.05, 0) is 6.07 Å². The smallest absolute Gasteiger partial charge is 0.408 e. The summed E-state index contributed by atoms with van der Waals surface area (Å²) in [6.45, 7) is -0.0904. The van der Waals surface area contributed by atoms with Crippen LogP contribution in [-0.2, 0) is 15.1 Å². The molecule has 0 saturated carbocycles. The molecule has 1 saturated heterocycles. The summed E-state index contributed by atoms with van der Waals surface area (Å²) in [5, 5.41) is 11.4. The molecule has 15 heavy (non-hydrogen) atoms. The van der Waals surface area contributed by atoms with Crippen molar-refractivity contribution in [3.63, 3.8) is 0 Å². The lowest BCUT2D eigenvalue weighted by molar-refractivity contribution is -0.155. The van der Waals surface area contributed by atoms with Crippen LogP contribution < -0.4 is 5.32 Å². The number of cyclic esters (lactones) is 1. The van der Waals surface area contributed by atoms with Crippen molar-refractivity contribution in [2.75, 3.05) is 6.54 Å². The van der Waals surface area contributed by atoms with Crippen LogP contribution in [0.2, 0.25) is 0 Å². The quantitative estimate of drug-likeness (QED) is 0.719. The lowest BCUT2D eigenvalue weighted by Crippen LogP contribution is -2.39. The minimum Gasteiger partial charge on any atom is -0.478 e. The van der Waals surface area contributed by atoms with Crippen molar-refractivity contribution in [2.24, 2.45) is 0 Å². The first kappa shape index (κ1) is 9.45. The molecule has 6 heteroatoms. The molecule has 2 heterocycles. The van der Waals surface area contributed by atoms with Gasteiger partial charge in [0.15, 0.2) is 0 Å². The van der Waals surface area contributed by atoms with Crippen LogP contribution >= 0.6 is 0 Å². The van der Waals surface area contributed by atoms with E-state index in [9.17, 15) is 9.59 Å². The highest BCUT2D eigenvalue weighted by molar-refractivity contribution is 5.86. The first-order valence-corrected chi connectivity index (χ1v) is 4.26. The van der Waals surface area contributed by atoms with Crippen molar-refractivity contribution < 1.29 is 19.4 Å². The molecule has 1 aliphatic heterocycles. The third-order valence-corrected chi connectivity index (χ3v) is 2.22. The van der Waals surface area contributed by atoms with E-state index in [0.717, 1.165) is 0 Å². The Bertz CT molecular complexity index is 406. The molecule has 78 valence electrons. The Morgan fingerprint density at radius 2 is 2.47 bits per heavy atom. The summed E-state index contributed by atoms with van der Waals surface area (Å²) in [5.41, 5.74) is -1.30. The van der Waals surface area contributed by atoms with Crippen molar-refractivity contribution in [3.05, 3.63) is 30.1 Å². The van der Waals surface area contributed by atoms with Crippen LogP contribution in [0.5, 0.6) is 0 Å². The number of pyridine rings is 1. The standard InChI is InChI=1S/C9H8N2O4/c12-7(13)9(5-11-8(14)15-9)6-2-1-3-10-4-6/h1-4H,5H2,(H,11,14)(H,12,13). The largest absolute Gasteiger partial charge is 0.478 e. The second-order valence-electron chi connectivity index (χ2n) is 3.12. The van der Waals surface area contributed by atoms with Crippen molar-refractivity contribution in [2.45, 2.75) is 5.60 Å². The van der Waals surface area contributed by atoms with Crippen LogP contribution in [0.3, 0.4) is 0 Å². The molecule has 1 aromatic rings. The SMILES string of the molecule is O=C1NCC(C(=O)O)(c2cccnc2)O1. The predicted molar refractivity (Wildman–Crippen MR) is 48.0 cm³/mol. The Balaban J connectivity index is 2.45. The fraction of sp³-hybridized carbons (Fsp3) is 0.222. The van der Waals surface area contributed by atoms with Gasteiger partial charge in [0.25, 0.3) is 5.60 Å². The molecule has 0 bridgehead atoms. The van der Waals surface area contributed by atoms with Crippen molar-refractivity contribution in [3.8, 4) is 0 Å². The van der Waals surface area contributed by atoms with E-state index in [1.165, 1.54) is 12.4 Å². The Morgan fingerprint density at radius 3 is 2.93 bits per heavy atom. The molecule has 1 amide bonds. The van der Waals surface area contributed by atoms with Crippen LogP contribution in [0.4, 0.5) is 4.79 Å². The maximum absolute atomic E-state index is 11.1. The molecule has 2 rings (SSSR count). The zero-order chi connectivity index (χ0) is 10.9. The summed E-state index contributed by atoms with van der Waals surface area (Å²) >= 11 is 0. The lowest BCUT2D eigenvalue weighted by atomic mass is 9.96. The number of hydrogen-bond acceptors (Lipinski definition) is 4. The second-order valence-corrected chi connectivity index (χ2v) is 3.12. The monoisotopic (exact) mass is 208 g/mol.